The molecule has 2 heterocycles. The summed E-state index contributed by atoms with van der Waals surface area (Å²) in [6.07, 6.45) is -0.128. The van der Waals surface area contributed by atoms with Crippen LogP contribution in [0, 0.1) is 10.1 Å². The zero-order valence-electron chi connectivity index (χ0n) is 19.4. The number of carbonyl (C=O) groups is 3. The summed E-state index contributed by atoms with van der Waals surface area (Å²) in [6, 6.07) is 5.19. The summed E-state index contributed by atoms with van der Waals surface area (Å²) in [4.78, 5) is 54.7. The lowest BCUT2D eigenvalue weighted by Crippen LogP contribution is -2.58. The number of nitrogens with zero attached hydrogens (tertiary/aromatic N) is 4. The van der Waals surface area contributed by atoms with Crippen LogP contribution in [0.25, 0.3) is 0 Å². The molecule has 1 N–H and O–H groups in total. The van der Waals surface area contributed by atoms with Crippen molar-refractivity contribution in [2.45, 2.75) is 44.2 Å². The number of ether oxygens (including phenoxy) is 1. The number of nitro groups is 1. The third-order valence-electron chi connectivity index (χ3n) is 5.90. The number of non-ortho nitro benzene ring substituents is 1. The molecule has 184 valence electrons. The van der Waals surface area contributed by atoms with E-state index in [1.165, 1.54) is 36.0 Å². The van der Waals surface area contributed by atoms with Crippen molar-refractivity contribution < 1.29 is 24.0 Å². The maximum atomic E-state index is 13.1. The summed E-state index contributed by atoms with van der Waals surface area (Å²) in [5.41, 5.74) is 1.08. The Morgan fingerprint density at radius 1 is 1.24 bits per heavy atom. The Kier molecular flexibility index (Phi) is 8.75. The molecule has 3 atom stereocenters. The molecule has 34 heavy (non-hydrogen) atoms. The molecular formula is C22H29N5O6S. The van der Waals surface area contributed by atoms with E-state index in [1.807, 2.05) is 11.9 Å². The molecule has 2 amide bonds. The highest BCUT2D eigenvalue weighted by molar-refractivity contribution is 8.14. The number of likely N-dealkylation sites (tertiary alicyclic amines) is 1. The van der Waals surface area contributed by atoms with Crippen molar-refractivity contribution >= 4 is 40.3 Å². The van der Waals surface area contributed by atoms with Crippen LogP contribution in [0.1, 0.15) is 25.8 Å². The minimum absolute atomic E-state index is 0.0224. The minimum Gasteiger partial charge on any atom is -0.443 e. The zero-order valence-corrected chi connectivity index (χ0v) is 20.2. The summed E-state index contributed by atoms with van der Waals surface area (Å²) in [5, 5.41) is 14.2. The number of amides is 2. The van der Waals surface area contributed by atoms with Crippen LogP contribution in [0.2, 0.25) is 0 Å². The molecule has 3 rings (SSSR count). The van der Waals surface area contributed by atoms with Gasteiger partial charge in [0.15, 0.2) is 5.12 Å². The van der Waals surface area contributed by atoms with Crippen LogP contribution in [0.4, 0.5) is 10.5 Å². The molecule has 1 aromatic carbocycles. The number of likely N-dealkylation sites (N-methyl/N-ethyl adjacent to an activating group) is 1. The van der Waals surface area contributed by atoms with Gasteiger partial charge in [-0.1, -0.05) is 11.8 Å². The SMILES string of the molecule is CC(=O)S[C@H]1C[C@@H](C(=O)N2CCNC(C(C)=NC(=O)OCc3ccc([N+](=O)[O-])cc3)C2)N(C)C1. The quantitative estimate of drug-likeness (QED) is 0.359. The first-order chi connectivity index (χ1) is 16.1. The Bertz CT molecular complexity index is 969. The van der Waals surface area contributed by atoms with E-state index in [2.05, 4.69) is 10.3 Å². The molecule has 1 aromatic rings. The number of hydrogen-bond donors (Lipinski definition) is 1. The van der Waals surface area contributed by atoms with E-state index in [4.69, 9.17) is 4.74 Å². The van der Waals surface area contributed by atoms with Crippen LogP contribution >= 0.6 is 11.8 Å². The van der Waals surface area contributed by atoms with E-state index in [0.29, 0.717) is 43.9 Å². The average Bonchev–Trinajstić information content (AvgIpc) is 3.16. The maximum absolute atomic E-state index is 13.1. The minimum atomic E-state index is -0.763. The number of nitrogens with one attached hydrogen (secondary N) is 1. The lowest BCUT2D eigenvalue weighted by Gasteiger charge is -2.36. The van der Waals surface area contributed by atoms with Crippen LogP contribution in [0.3, 0.4) is 0 Å². The molecule has 11 nitrogen and oxygen atoms in total. The van der Waals surface area contributed by atoms with Crippen molar-refractivity contribution in [3.63, 3.8) is 0 Å². The van der Waals surface area contributed by atoms with Crippen molar-refractivity contribution in [2.75, 3.05) is 33.2 Å². The van der Waals surface area contributed by atoms with Gasteiger partial charge >= 0.3 is 6.09 Å². The molecule has 2 fully saturated rings. The first-order valence-corrected chi connectivity index (χ1v) is 11.9. The van der Waals surface area contributed by atoms with Crippen LogP contribution in [-0.2, 0) is 20.9 Å². The molecular weight excluding hydrogens is 462 g/mol. The molecule has 2 aliphatic heterocycles. The standard InChI is InChI=1S/C22H29N5O6S/c1-14(24-22(30)33-13-16-4-6-17(7-5-16)27(31)32)19-12-26(9-8-23-19)21(29)20-10-18(11-25(20)3)34-15(2)28/h4-7,18-20,23H,8-13H2,1-3H3/t18-,19?,20-/m0/s1. The highest BCUT2D eigenvalue weighted by atomic mass is 32.2. The molecule has 0 bridgehead atoms. The summed E-state index contributed by atoms with van der Waals surface area (Å²) < 4.78 is 5.16. The second-order valence-electron chi connectivity index (χ2n) is 8.44. The summed E-state index contributed by atoms with van der Waals surface area (Å²) in [5.74, 6) is 0.0224. The topological polar surface area (TPSA) is 134 Å². The van der Waals surface area contributed by atoms with Gasteiger partial charge in [0, 0.05) is 56.2 Å². The van der Waals surface area contributed by atoms with Gasteiger partial charge in [-0.05, 0) is 38.1 Å². The van der Waals surface area contributed by atoms with Crippen molar-refractivity contribution in [3.8, 4) is 0 Å². The van der Waals surface area contributed by atoms with E-state index in [-0.39, 0.29) is 40.7 Å². The van der Waals surface area contributed by atoms with Gasteiger partial charge in [-0.25, -0.2) is 4.79 Å². The van der Waals surface area contributed by atoms with Crippen molar-refractivity contribution in [2.24, 2.45) is 4.99 Å². The van der Waals surface area contributed by atoms with E-state index >= 15 is 0 Å². The molecule has 0 aromatic heterocycles. The van der Waals surface area contributed by atoms with Gasteiger partial charge in [0.2, 0.25) is 5.91 Å². The molecule has 12 heteroatoms. The smallest absolute Gasteiger partial charge is 0.433 e. The van der Waals surface area contributed by atoms with Crippen LogP contribution in [0.5, 0.6) is 0 Å². The molecule has 0 spiro atoms. The Morgan fingerprint density at radius 3 is 2.59 bits per heavy atom. The van der Waals surface area contributed by atoms with E-state index < -0.39 is 11.0 Å². The summed E-state index contributed by atoms with van der Waals surface area (Å²) in [7, 11) is 1.90. The highest BCUT2D eigenvalue weighted by Crippen LogP contribution is 2.28. The molecule has 0 saturated carbocycles. The van der Waals surface area contributed by atoms with Crippen LogP contribution in [-0.4, -0.2) is 88.1 Å². The highest BCUT2D eigenvalue weighted by Gasteiger charge is 2.39. The fraction of sp³-hybridized carbons (Fsp3) is 0.545. The second kappa shape index (κ2) is 11.5. The third-order valence-corrected chi connectivity index (χ3v) is 6.90. The predicted molar refractivity (Wildman–Crippen MR) is 128 cm³/mol. The molecule has 1 unspecified atom stereocenters. The fourth-order valence-electron chi connectivity index (χ4n) is 4.12. The molecule has 2 saturated heterocycles. The average molecular weight is 492 g/mol. The number of benzene rings is 1. The number of nitro benzene ring substituents is 1. The van der Waals surface area contributed by atoms with Gasteiger partial charge in [0.05, 0.1) is 17.0 Å². The summed E-state index contributed by atoms with van der Waals surface area (Å²) >= 11 is 1.29. The first-order valence-electron chi connectivity index (χ1n) is 11.0. The van der Waals surface area contributed by atoms with Gasteiger partial charge in [-0.15, -0.1) is 0 Å². The van der Waals surface area contributed by atoms with Gasteiger partial charge in [-0.2, -0.15) is 4.99 Å². The Morgan fingerprint density at radius 2 is 1.94 bits per heavy atom. The lowest BCUT2D eigenvalue weighted by molar-refractivity contribution is -0.384. The zero-order chi connectivity index (χ0) is 24.8. The number of thioether (sulfide) groups is 1. The number of carbonyl (C=O) groups excluding carboxylic acids is 3. The molecule has 0 radical (unpaired) electrons. The van der Waals surface area contributed by atoms with Gasteiger partial charge < -0.3 is 15.0 Å². The van der Waals surface area contributed by atoms with E-state index in [9.17, 15) is 24.5 Å². The first kappa shape index (κ1) is 25.8. The van der Waals surface area contributed by atoms with Crippen molar-refractivity contribution in [1.82, 2.24) is 15.1 Å². The van der Waals surface area contributed by atoms with Gasteiger partial charge in [-0.3, -0.25) is 24.6 Å². The second-order valence-corrected chi connectivity index (χ2v) is 9.92. The Balaban J connectivity index is 1.53. The normalized spacial score (nSPS) is 23.6. The number of aliphatic imine (C=N–C) groups is 1. The van der Waals surface area contributed by atoms with Crippen molar-refractivity contribution in [3.05, 3.63) is 39.9 Å². The number of hydrogen-bond acceptors (Lipinski definition) is 9. The van der Waals surface area contributed by atoms with E-state index in [0.717, 1.165) is 0 Å². The van der Waals surface area contributed by atoms with Gasteiger partial charge in [0.1, 0.15) is 6.61 Å². The molecule has 0 aliphatic carbocycles. The third kappa shape index (κ3) is 6.84. The van der Waals surface area contributed by atoms with Crippen molar-refractivity contribution in [1.29, 1.82) is 0 Å². The summed E-state index contributed by atoms with van der Waals surface area (Å²) in [6.45, 7) is 5.41. The van der Waals surface area contributed by atoms with Crippen LogP contribution in [0.15, 0.2) is 29.3 Å². The maximum Gasteiger partial charge on any atom is 0.433 e. The van der Waals surface area contributed by atoms with Gasteiger partial charge in [0.25, 0.3) is 5.69 Å². The Hall–Kier alpha value is -2.83. The number of piperazine rings is 1. The largest absolute Gasteiger partial charge is 0.443 e. The van der Waals surface area contributed by atoms with Crippen LogP contribution < -0.4 is 5.32 Å². The monoisotopic (exact) mass is 491 g/mol. The number of rotatable bonds is 6. The Labute approximate surface area is 202 Å². The van der Waals surface area contributed by atoms with E-state index in [1.54, 1.807) is 18.7 Å². The molecule has 2 aliphatic rings. The lowest BCUT2D eigenvalue weighted by atomic mass is 10.1. The predicted octanol–water partition coefficient (Wildman–Crippen LogP) is 1.85. The fourth-order valence-corrected chi connectivity index (χ4v) is 5.17.